The average Bonchev–Trinajstić information content (AvgIpc) is 2.68. The van der Waals surface area contributed by atoms with Gasteiger partial charge in [0.05, 0.1) is 17.5 Å². The summed E-state index contributed by atoms with van der Waals surface area (Å²) in [6.07, 6.45) is 0.196. The van der Waals surface area contributed by atoms with Crippen molar-refractivity contribution in [2.75, 3.05) is 18.1 Å². The van der Waals surface area contributed by atoms with Gasteiger partial charge in [-0.05, 0) is 30.7 Å². The minimum Gasteiger partial charge on any atom is -0.482 e. The Kier molecular flexibility index (Phi) is 5.97. The van der Waals surface area contributed by atoms with E-state index in [2.05, 4.69) is 0 Å². The van der Waals surface area contributed by atoms with Gasteiger partial charge in [-0.2, -0.15) is 5.26 Å². The molecule has 0 bridgehead atoms. The second kappa shape index (κ2) is 8.59. The minimum atomic E-state index is -0.471. The van der Waals surface area contributed by atoms with Gasteiger partial charge in [0, 0.05) is 29.8 Å². The highest BCUT2D eigenvalue weighted by atomic mass is 35.5. The molecule has 28 heavy (non-hydrogen) atoms. The molecule has 0 aliphatic heterocycles. The number of carbonyl (C=O) groups is 1. The molecule has 0 spiro atoms. The van der Waals surface area contributed by atoms with Crippen LogP contribution in [0.5, 0.6) is 5.75 Å². The number of benzene rings is 2. The number of nitrogens with zero attached hydrogens (tertiary/aromatic N) is 2. The zero-order valence-electron chi connectivity index (χ0n) is 15.1. The number of aryl methyl sites for hydroxylation is 1. The van der Waals surface area contributed by atoms with Crippen LogP contribution in [0, 0.1) is 18.3 Å². The summed E-state index contributed by atoms with van der Waals surface area (Å²) in [7, 11) is 0. The van der Waals surface area contributed by atoms with E-state index in [1.165, 1.54) is 17.0 Å². The Labute approximate surface area is 166 Å². The number of para-hydroxylation sites is 1. The third-order valence-electron chi connectivity index (χ3n) is 4.17. The predicted molar refractivity (Wildman–Crippen MR) is 107 cm³/mol. The fourth-order valence-electron chi connectivity index (χ4n) is 2.82. The maximum Gasteiger partial charge on any atom is 0.336 e. The van der Waals surface area contributed by atoms with E-state index in [9.17, 15) is 9.59 Å². The van der Waals surface area contributed by atoms with Crippen LogP contribution in [0.2, 0.25) is 5.02 Å². The zero-order chi connectivity index (χ0) is 20.1. The van der Waals surface area contributed by atoms with Gasteiger partial charge in [0.2, 0.25) is 0 Å². The smallest absolute Gasteiger partial charge is 0.336 e. The third kappa shape index (κ3) is 4.33. The Morgan fingerprint density at radius 2 is 2.00 bits per heavy atom. The number of nitriles is 1. The number of rotatable bonds is 6. The highest BCUT2D eigenvalue weighted by molar-refractivity contribution is 6.32. The van der Waals surface area contributed by atoms with Gasteiger partial charge in [0.25, 0.3) is 5.91 Å². The molecule has 1 heterocycles. The summed E-state index contributed by atoms with van der Waals surface area (Å²) in [5.74, 6) is -0.0760. The van der Waals surface area contributed by atoms with Crippen LogP contribution in [-0.2, 0) is 4.79 Å². The lowest BCUT2D eigenvalue weighted by atomic mass is 10.1. The molecule has 2 aromatic carbocycles. The second-order valence-corrected chi connectivity index (χ2v) is 6.51. The van der Waals surface area contributed by atoms with E-state index >= 15 is 0 Å². The van der Waals surface area contributed by atoms with E-state index < -0.39 is 5.63 Å². The largest absolute Gasteiger partial charge is 0.482 e. The summed E-state index contributed by atoms with van der Waals surface area (Å²) in [6.45, 7) is 1.76. The fourth-order valence-corrected chi connectivity index (χ4v) is 3.03. The van der Waals surface area contributed by atoms with Crippen molar-refractivity contribution in [2.45, 2.75) is 13.3 Å². The number of fused-ring (bicyclic) bond motifs is 1. The number of ether oxygens (including phenoxy) is 1. The van der Waals surface area contributed by atoms with E-state index in [4.69, 9.17) is 26.0 Å². The van der Waals surface area contributed by atoms with Crippen molar-refractivity contribution in [1.29, 1.82) is 5.26 Å². The van der Waals surface area contributed by atoms with Crippen molar-refractivity contribution in [3.63, 3.8) is 0 Å². The van der Waals surface area contributed by atoms with Crippen LogP contribution in [0.4, 0.5) is 5.69 Å². The molecule has 0 aliphatic carbocycles. The van der Waals surface area contributed by atoms with Crippen LogP contribution in [0.25, 0.3) is 11.0 Å². The number of hydrogen-bond donors (Lipinski definition) is 0. The molecule has 0 fully saturated rings. The summed E-state index contributed by atoms with van der Waals surface area (Å²) in [5.41, 5.74) is 1.28. The van der Waals surface area contributed by atoms with Crippen molar-refractivity contribution in [3.8, 4) is 11.8 Å². The molecular formula is C21H17ClN2O4. The van der Waals surface area contributed by atoms with Gasteiger partial charge in [-0.3, -0.25) is 4.79 Å². The molecule has 142 valence electrons. The minimum absolute atomic E-state index is 0.196. The Morgan fingerprint density at radius 3 is 2.71 bits per heavy atom. The highest BCUT2D eigenvalue weighted by Crippen LogP contribution is 2.31. The van der Waals surface area contributed by atoms with Gasteiger partial charge >= 0.3 is 5.63 Å². The fraction of sp³-hybridized carbons (Fsp3) is 0.190. The molecule has 0 radical (unpaired) electrons. The number of hydrogen-bond acceptors (Lipinski definition) is 5. The normalized spacial score (nSPS) is 10.5. The molecule has 6 nitrogen and oxygen atoms in total. The van der Waals surface area contributed by atoms with Gasteiger partial charge < -0.3 is 14.1 Å². The molecule has 0 aliphatic rings. The Morgan fingerprint density at radius 1 is 1.25 bits per heavy atom. The van der Waals surface area contributed by atoms with Gasteiger partial charge in [-0.1, -0.05) is 29.8 Å². The average molecular weight is 397 g/mol. The summed E-state index contributed by atoms with van der Waals surface area (Å²) < 4.78 is 10.8. The molecule has 0 saturated heterocycles. The monoisotopic (exact) mass is 396 g/mol. The van der Waals surface area contributed by atoms with Crippen LogP contribution in [0.15, 0.2) is 57.7 Å². The van der Waals surface area contributed by atoms with Crippen LogP contribution >= 0.6 is 11.6 Å². The van der Waals surface area contributed by atoms with Crippen LogP contribution < -0.4 is 15.3 Å². The molecule has 0 atom stereocenters. The summed E-state index contributed by atoms with van der Waals surface area (Å²) in [4.78, 5) is 25.8. The molecule has 3 aromatic rings. The summed E-state index contributed by atoms with van der Waals surface area (Å²) in [5, 5.41) is 9.86. The third-order valence-corrected chi connectivity index (χ3v) is 4.47. The van der Waals surface area contributed by atoms with E-state index in [1.807, 2.05) is 24.3 Å². The first-order chi connectivity index (χ1) is 13.5. The van der Waals surface area contributed by atoms with Crippen LogP contribution in [0.1, 0.15) is 12.0 Å². The first-order valence-electron chi connectivity index (χ1n) is 8.59. The van der Waals surface area contributed by atoms with Crippen molar-refractivity contribution in [3.05, 3.63) is 69.5 Å². The highest BCUT2D eigenvalue weighted by Gasteiger charge is 2.17. The standard InChI is InChI=1S/C21H17ClN2O4/c1-14-10-21(26)28-18-12-19(17(22)11-16(14)18)27-13-20(25)24(9-5-8-23)15-6-3-2-4-7-15/h2-4,6-7,10-12H,5,9,13H2,1H3. The number of halogens is 1. The van der Waals surface area contributed by atoms with Crippen molar-refractivity contribution in [1.82, 2.24) is 0 Å². The van der Waals surface area contributed by atoms with Crippen molar-refractivity contribution < 1.29 is 13.9 Å². The molecular weight excluding hydrogens is 380 g/mol. The van der Waals surface area contributed by atoms with Crippen LogP contribution in [0.3, 0.4) is 0 Å². The number of amides is 1. The van der Waals surface area contributed by atoms with Crippen molar-refractivity contribution >= 4 is 34.2 Å². The predicted octanol–water partition coefficient (Wildman–Crippen LogP) is 4.08. The van der Waals surface area contributed by atoms with Gasteiger partial charge in [0.1, 0.15) is 11.3 Å². The lowest BCUT2D eigenvalue weighted by Gasteiger charge is -2.22. The number of carbonyl (C=O) groups excluding carboxylic acids is 1. The van der Waals surface area contributed by atoms with E-state index in [0.717, 1.165) is 5.56 Å². The lowest BCUT2D eigenvalue weighted by molar-refractivity contribution is -0.120. The Balaban J connectivity index is 1.81. The quantitative estimate of drug-likeness (QED) is 0.586. The molecule has 0 saturated carbocycles. The first-order valence-corrected chi connectivity index (χ1v) is 8.96. The molecule has 1 amide bonds. The maximum absolute atomic E-state index is 12.7. The van der Waals surface area contributed by atoms with Crippen LogP contribution in [-0.4, -0.2) is 19.1 Å². The summed E-state index contributed by atoms with van der Waals surface area (Å²) in [6, 6.07) is 15.6. The zero-order valence-corrected chi connectivity index (χ0v) is 15.9. The molecule has 0 N–H and O–H groups in total. The first kappa shape index (κ1) is 19.5. The SMILES string of the molecule is Cc1cc(=O)oc2cc(OCC(=O)N(CCC#N)c3ccccc3)c(Cl)cc12. The molecule has 1 aromatic heterocycles. The van der Waals surface area contributed by atoms with Gasteiger partial charge in [0.15, 0.2) is 6.61 Å². The second-order valence-electron chi connectivity index (χ2n) is 6.10. The van der Waals surface area contributed by atoms with E-state index in [1.54, 1.807) is 25.1 Å². The molecule has 3 rings (SSSR count). The van der Waals surface area contributed by atoms with Gasteiger partial charge in [-0.25, -0.2) is 4.79 Å². The maximum atomic E-state index is 12.7. The van der Waals surface area contributed by atoms with E-state index in [-0.39, 0.29) is 31.2 Å². The Hall–Kier alpha value is -3.30. The topological polar surface area (TPSA) is 83.5 Å². The Bertz CT molecular complexity index is 1100. The van der Waals surface area contributed by atoms with Gasteiger partial charge in [-0.15, -0.1) is 0 Å². The summed E-state index contributed by atoms with van der Waals surface area (Å²) >= 11 is 6.27. The van der Waals surface area contributed by atoms with E-state index in [0.29, 0.717) is 21.7 Å². The number of anilines is 1. The lowest BCUT2D eigenvalue weighted by Crippen LogP contribution is -2.35. The molecule has 0 unspecified atom stereocenters. The van der Waals surface area contributed by atoms with Crippen molar-refractivity contribution in [2.24, 2.45) is 0 Å². The molecule has 7 heteroatoms.